The molecular weight excluding hydrogens is 204 g/mol. The Labute approximate surface area is 83.3 Å². The molecular formula is C10H7F2NO2. The molecule has 0 radical (unpaired) electrons. The molecule has 0 amide bonds. The van der Waals surface area contributed by atoms with E-state index in [4.69, 9.17) is 0 Å². The van der Waals surface area contributed by atoms with Crippen molar-refractivity contribution in [1.82, 2.24) is 4.98 Å². The zero-order valence-electron chi connectivity index (χ0n) is 7.54. The van der Waals surface area contributed by atoms with Gasteiger partial charge in [0, 0.05) is 6.20 Å². The van der Waals surface area contributed by atoms with E-state index in [0.29, 0.717) is 5.39 Å². The molecule has 3 nitrogen and oxygen atoms in total. The molecule has 0 saturated heterocycles. The maximum absolute atomic E-state index is 12.0. The summed E-state index contributed by atoms with van der Waals surface area (Å²) in [5.74, 6) is -0.107. The van der Waals surface area contributed by atoms with Crippen molar-refractivity contribution in [3.8, 4) is 5.75 Å². The van der Waals surface area contributed by atoms with Crippen LogP contribution in [0, 0.1) is 0 Å². The van der Waals surface area contributed by atoms with Crippen LogP contribution in [0.2, 0.25) is 0 Å². The highest BCUT2D eigenvalue weighted by Gasteiger charge is 2.10. The highest BCUT2D eigenvalue weighted by Crippen LogP contribution is 2.22. The third-order valence-electron chi connectivity index (χ3n) is 1.98. The smallest absolute Gasteiger partial charge is 0.387 e. The van der Waals surface area contributed by atoms with Crippen LogP contribution in [0.1, 0.15) is 0 Å². The quantitative estimate of drug-likeness (QED) is 0.826. The number of benzene rings is 1. The number of alkyl halides is 2. The third kappa shape index (κ3) is 1.81. The minimum absolute atomic E-state index is 0.107. The first-order valence-electron chi connectivity index (χ1n) is 4.24. The third-order valence-corrected chi connectivity index (χ3v) is 1.98. The normalized spacial score (nSPS) is 10.9. The number of aromatic nitrogens is 1. The van der Waals surface area contributed by atoms with E-state index in [1.54, 1.807) is 18.2 Å². The fourth-order valence-electron chi connectivity index (χ4n) is 1.40. The van der Waals surface area contributed by atoms with Crippen LogP contribution in [0.4, 0.5) is 8.78 Å². The molecule has 78 valence electrons. The lowest BCUT2D eigenvalue weighted by molar-refractivity contribution is -0.0488. The highest BCUT2D eigenvalue weighted by atomic mass is 19.3. The van der Waals surface area contributed by atoms with Crippen LogP contribution < -0.4 is 10.3 Å². The van der Waals surface area contributed by atoms with E-state index in [9.17, 15) is 13.6 Å². The second-order valence-corrected chi connectivity index (χ2v) is 2.91. The van der Waals surface area contributed by atoms with Gasteiger partial charge < -0.3 is 9.72 Å². The minimum atomic E-state index is -2.93. The molecule has 1 aromatic heterocycles. The molecule has 0 aliphatic carbocycles. The molecule has 0 fully saturated rings. The van der Waals surface area contributed by atoms with Gasteiger partial charge in [0.15, 0.2) is 0 Å². The van der Waals surface area contributed by atoms with Gasteiger partial charge in [-0.15, -0.1) is 0 Å². The summed E-state index contributed by atoms with van der Waals surface area (Å²) in [7, 11) is 0. The first kappa shape index (κ1) is 9.64. The number of hydrogen-bond acceptors (Lipinski definition) is 2. The number of hydrogen-bond donors (Lipinski definition) is 1. The van der Waals surface area contributed by atoms with Gasteiger partial charge in [-0.2, -0.15) is 8.78 Å². The highest BCUT2D eigenvalue weighted by molar-refractivity contribution is 5.87. The summed E-state index contributed by atoms with van der Waals surface area (Å²) >= 11 is 0. The Hall–Kier alpha value is -1.91. The van der Waals surface area contributed by atoms with Crippen molar-refractivity contribution in [1.29, 1.82) is 0 Å². The van der Waals surface area contributed by atoms with E-state index in [-0.39, 0.29) is 11.1 Å². The van der Waals surface area contributed by atoms with E-state index in [2.05, 4.69) is 9.72 Å². The first-order chi connectivity index (χ1) is 7.18. The van der Waals surface area contributed by atoms with Crippen molar-refractivity contribution in [2.75, 3.05) is 0 Å². The average Bonchev–Trinajstić information content (AvgIpc) is 2.17. The zero-order valence-corrected chi connectivity index (χ0v) is 7.54. The van der Waals surface area contributed by atoms with Crippen molar-refractivity contribution in [3.05, 3.63) is 40.8 Å². The molecule has 1 aromatic carbocycles. The van der Waals surface area contributed by atoms with E-state index >= 15 is 0 Å². The summed E-state index contributed by atoms with van der Waals surface area (Å²) in [4.78, 5) is 13.8. The van der Waals surface area contributed by atoms with Crippen LogP contribution in [0.15, 0.2) is 35.3 Å². The first-order valence-corrected chi connectivity index (χ1v) is 4.24. The van der Waals surface area contributed by atoms with Crippen LogP contribution in [0.3, 0.4) is 0 Å². The Kier molecular flexibility index (Phi) is 2.37. The largest absolute Gasteiger partial charge is 0.434 e. The van der Waals surface area contributed by atoms with Gasteiger partial charge in [0.1, 0.15) is 5.75 Å². The number of fused-ring (bicyclic) bond motifs is 1. The maximum Gasteiger partial charge on any atom is 0.387 e. The van der Waals surface area contributed by atoms with Gasteiger partial charge in [-0.1, -0.05) is 12.1 Å². The molecule has 2 aromatic rings. The van der Waals surface area contributed by atoms with Gasteiger partial charge in [-0.25, -0.2) is 0 Å². The number of rotatable bonds is 2. The Balaban J connectivity index is 2.69. The fourth-order valence-corrected chi connectivity index (χ4v) is 1.40. The standard InChI is InChI=1S/C10H7F2NO2/c11-10(12)15-7-3-1-2-6-4-5-13-9(14)8(6)7/h1-5,10H,(H,13,14). The fraction of sp³-hybridized carbons (Fsp3) is 0.100. The van der Waals surface area contributed by atoms with Crippen molar-refractivity contribution in [2.24, 2.45) is 0 Å². The van der Waals surface area contributed by atoms with Crippen LogP contribution in [-0.4, -0.2) is 11.6 Å². The van der Waals surface area contributed by atoms with Gasteiger partial charge in [0.25, 0.3) is 5.56 Å². The van der Waals surface area contributed by atoms with Crippen LogP contribution in [0.5, 0.6) is 5.75 Å². The molecule has 1 N–H and O–H groups in total. The minimum Gasteiger partial charge on any atom is -0.434 e. The predicted molar refractivity (Wildman–Crippen MR) is 51.2 cm³/mol. The number of H-pyrrole nitrogens is 1. The summed E-state index contributed by atoms with van der Waals surface area (Å²) in [6.45, 7) is -2.93. The zero-order chi connectivity index (χ0) is 10.8. The van der Waals surface area contributed by atoms with Crippen molar-refractivity contribution < 1.29 is 13.5 Å². The maximum atomic E-state index is 12.0. The summed E-state index contributed by atoms with van der Waals surface area (Å²) < 4.78 is 28.3. The number of ether oxygens (including phenoxy) is 1. The molecule has 0 saturated carbocycles. The summed E-state index contributed by atoms with van der Waals surface area (Å²) in [6, 6.07) is 6.17. The van der Waals surface area contributed by atoms with Crippen LogP contribution in [-0.2, 0) is 0 Å². The molecule has 2 rings (SSSR count). The van der Waals surface area contributed by atoms with E-state index < -0.39 is 12.2 Å². The van der Waals surface area contributed by atoms with Gasteiger partial charge in [0.05, 0.1) is 5.39 Å². The lowest BCUT2D eigenvalue weighted by Crippen LogP contribution is -2.09. The number of halogens is 2. The van der Waals surface area contributed by atoms with E-state index in [1.165, 1.54) is 12.3 Å². The molecule has 15 heavy (non-hydrogen) atoms. The van der Waals surface area contributed by atoms with Crippen LogP contribution in [0.25, 0.3) is 10.8 Å². The summed E-state index contributed by atoms with van der Waals surface area (Å²) in [6.07, 6.45) is 1.46. The Morgan fingerprint density at radius 3 is 2.80 bits per heavy atom. The molecule has 0 aliphatic heterocycles. The lowest BCUT2D eigenvalue weighted by Gasteiger charge is -2.06. The second-order valence-electron chi connectivity index (χ2n) is 2.91. The topological polar surface area (TPSA) is 42.1 Å². The summed E-state index contributed by atoms with van der Waals surface area (Å²) in [5, 5.41) is 0.706. The van der Waals surface area contributed by atoms with Crippen molar-refractivity contribution >= 4 is 10.8 Å². The number of aromatic amines is 1. The Morgan fingerprint density at radius 2 is 2.07 bits per heavy atom. The summed E-state index contributed by atoms with van der Waals surface area (Å²) in [5.41, 5.74) is -0.441. The number of nitrogens with one attached hydrogen (secondary N) is 1. The van der Waals surface area contributed by atoms with Crippen molar-refractivity contribution in [3.63, 3.8) is 0 Å². The van der Waals surface area contributed by atoms with Gasteiger partial charge in [-0.3, -0.25) is 4.79 Å². The number of pyridine rings is 1. The Bertz CT molecular complexity index is 531. The Morgan fingerprint density at radius 1 is 1.27 bits per heavy atom. The molecule has 0 aliphatic rings. The molecule has 0 spiro atoms. The monoisotopic (exact) mass is 211 g/mol. The van der Waals surface area contributed by atoms with Gasteiger partial charge >= 0.3 is 6.61 Å². The average molecular weight is 211 g/mol. The van der Waals surface area contributed by atoms with Crippen molar-refractivity contribution in [2.45, 2.75) is 6.61 Å². The second kappa shape index (κ2) is 3.68. The molecule has 0 atom stereocenters. The molecule has 0 bridgehead atoms. The van der Waals surface area contributed by atoms with E-state index in [1.807, 2.05) is 0 Å². The SMILES string of the molecule is O=c1[nH]ccc2cccc(OC(F)F)c12. The van der Waals surface area contributed by atoms with Gasteiger partial charge in [-0.05, 0) is 17.5 Å². The predicted octanol–water partition coefficient (Wildman–Crippen LogP) is 2.13. The molecule has 0 unspecified atom stereocenters. The van der Waals surface area contributed by atoms with Gasteiger partial charge in [0.2, 0.25) is 0 Å². The molecule has 5 heteroatoms. The van der Waals surface area contributed by atoms with E-state index in [0.717, 1.165) is 0 Å². The lowest BCUT2D eigenvalue weighted by atomic mass is 10.1. The van der Waals surface area contributed by atoms with Crippen LogP contribution >= 0.6 is 0 Å². The molecule has 1 heterocycles.